The van der Waals surface area contributed by atoms with Gasteiger partial charge in [-0.1, -0.05) is 29.8 Å². The maximum atomic E-state index is 6.18. The molecule has 0 amide bonds. The van der Waals surface area contributed by atoms with E-state index in [-0.39, 0.29) is 18.0 Å². The molecule has 1 aliphatic heterocycles. The van der Waals surface area contributed by atoms with Gasteiger partial charge in [-0.25, -0.2) is 0 Å². The van der Waals surface area contributed by atoms with E-state index >= 15 is 0 Å². The molecule has 2 aliphatic rings. The minimum Gasteiger partial charge on any atom is -0.344 e. The molecular weight excluding hydrogens is 248 g/mol. The molecule has 1 heterocycles. The van der Waals surface area contributed by atoms with Crippen LogP contribution in [-0.4, -0.2) is 18.0 Å². The fourth-order valence-electron chi connectivity index (χ4n) is 2.93. The normalized spacial score (nSPS) is 30.1. The van der Waals surface area contributed by atoms with Gasteiger partial charge >= 0.3 is 0 Å². The highest BCUT2D eigenvalue weighted by Crippen LogP contribution is 2.42. The van der Waals surface area contributed by atoms with Gasteiger partial charge in [0.05, 0.1) is 12.2 Å². The van der Waals surface area contributed by atoms with E-state index in [2.05, 4.69) is 6.92 Å². The second-order valence-electron chi connectivity index (χ2n) is 5.23. The fourth-order valence-corrected chi connectivity index (χ4v) is 3.15. The van der Waals surface area contributed by atoms with Crippen LogP contribution in [-0.2, 0) is 15.9 Å². The van der Waals surface area contributed by atoms with Gasteiger partial charge in [0.1, 0.15) is 0 Å². The molecule has 0 aromatic heterocycles. The minimum absolute atomic E-state index is 0.0167. The maximum Gasteiger partial charge on any atom is 0.169 e. The smallest absolute Gasteiger partial charge is 0.169 e. The number of ether oxygens (including phenoxy) is 2. The molecular formula is C15H18ClO2. The van der Waals surface area contributed by atoms with Crippen LogP contribution in [0.5, 0.6) is 0 Å². The Morgan fingerprint density at radius 1 is 1.22 bits per heavy atom. The lowest BCUT2D eigenvalue weighted by molar-refractivity contribution is -0.166. The molecule has 0 unspecified atom stereocenters. The van der Waals surface area contributed by atoms with Crippen LogP contribution in [0.4, 0.5) is 0 Å². The second-order valence-corrected chi connectivity index (χ2v) is 5.63. The summed E-state index contributed by atoms with van der Waals surface area (Å²) in [6, 6.07) is 7.90. The van der Waals surface area contributed by atoms with E-state index in [1.807, 2.05) is 24.3 Å². The third-order valence-electron chi connectivity index (χ3n) is 3.89. The van der Waals surface area contributed by atoms with Crippen molar-refractivity contribution in [3.63, 3.8) is 0 Å². The Morgan fingerprint density at radius 2 is 1.94 bits per heavy atom. The largest absolute Gasteiger partial charge is 0.344 e. The van der Waals surface area contributed by atoms with Crippen molar-refractivity contribution in [1.82, 2.24) is 0 Å². The van der Waals surface area contributed by atoms with Crippen LogP contribution in [0.25, 0.3) is 0 Å². The molecule has 0 N–H and O–H groups in total. The van der Waals surface area contributed by atoms with Crippen molar-refractivity contribution in [3.8, 4) is 0 Å². The first-order valence-electron chi connectivity index (χ1n) is 6.61. The van der Waals surface area contributed by atoms with Gasteiger partial charge in [-0.15, -0.1) is 0 Å². The number of hydrogen-bond donors (Lipinski definition) is 0. The molecule has 1 saturated heterocycles. The zero-order valence-electron chi connectivity index (χ0n) is 10.4. The number of halogens is 1. The van der Waals surface area contributed by atoms with Crippen molar-refractivity contribution < 1.29 is 9.47 Å². The Kier molecular flexibility index (Phi) is 3.35. The van der Waals surface area contributed by atoms with Crippen molar-refractivity contribution in [2.45, 2.75) is 50.1 Å². The summed E-state index contributed by atoms with van der Waals surface area (Å²) in [4.78, 5) is 0. The summed E-state index contributed by atoms with van der Waals surface area (Å²) in [5.74, 6) is -0.349. The highest BCUT2D eigenvalue weighted by atomic mass is 35.5. The first-order chi connectivity index (χ1) is 8.69. The van der Waals surface area contributed by atoms with Gasteiger partial charge < -0.3 is 9.47 Å². The van der Waals surface area contributed by atoms with Crippen LogP contribution in [0.2, 0.25) is 5.02 Å². The summed E-state index contributed by atoms with van der Waals surface area (Å²) in [5, 5.41) is 0.792. The average molecular weight is 266 g/mol. The van der Waals surface area contributed by atoms with Gasteiger partial charge in [0.2, 0.25) is 0 Å². The molecule has 0 bridgehead atoms. The molecule has 2 fully saturated rings. The van der Waals surface area contributed by atoms with E-state index in [1.165, 1.54) is 12.8 Å². The Balaban J connectivity index is 1.72. The van der Waals surface area contributed by atoms with E-state index < -0.39 is 0 Å². The van der Waals surface area contributed by atoms with Crippen molar-refractivity contribution >= 4 is 11.6 Å². The average Bonchev–Trinajstić information content (AvgIpc) is 2.91. The van der Waals surface area contributed by atoms with Crippen LogP contribution in [0, 0.1) is 6.92 Å². The third-order valence-corrected chi connectivity index (χ3v) is 4.26. The van der Waals surface area contributed by atoms with E-state index in [4.69, 9.17) is 21.1 Å². The monoisotopic (exact) mass is 265 g/mol. The van der Waals surface area contributed by atoms with E-state index in [0.717, 1.165) is 29.8 Å². The molecule has 1 aliphatic carbocycles. The molecule has 1 saturated carbocycles. The van der Waals surface area contributed by atoms with Crippen LogP contribution in [0.3, 0.4) is 0 Å². The third kappa shape index (κ3) is 2.29. The predicted molar refractivity (Wildman–Crippen MR) is 71.5 cm³/mol. The summed E-state index contributed by atoms with van der Waals surface area (Å²) < 4.78 is 12.1. The Bertz CT molecular complexity index is 426. The summed E-state index contributed by atoms with van der Waals surface area (Å²) in [7, 11) is 0. The Morgan fingerprint density at radius 3 is 2.67 bits per heavy atom. The first kappa shape index (κ1) is 12.5. The molecule has 18 heavy (non-hydrogen) atoms. The summed E-state index contributed by atoms with van der Waals surface area (Å²) >= 11 is 6.18. The minimum atomic E-state index is -0.349. The van der Waals surface area contributed by atoms with Crippen molar-refractivity contribution in [2.24, 2.45) is 0 Å². The summed E-state index contributed by atoms with van der Waals surface area (Å²) in [5.41, 5.74) is 1.11. The number of rotatable bonds is 2. The Labute approximate surface area is 113 Å². The van der Waals surface area contributed by atoms with E-state index in [9.17, 15) is 0 Å². The van der Waals surface area contributed by atoms with Crippen molar-refractivity contribution in [3.05, 3.63) is 41.8 Å². The van der Waals surface area contributed by atoms with Crippen LogP contribution in [0.1, 0.15) is 31.2 Å². The molecule has 3 heteroatoms. The van der Waals surface area contributed by atoms with Gasteiger partial charge in [0, 0.05) is 24.3 Å². The van der Waals surface area contributed by atoms with Gasteiger partial charge in [-0.2, -0.15) is 0 Å². The van der Waals surface area contributed by atoms with Gasteiger partial charge in [-0.05, 0) is 31.4 Å². The lowest BCUT2D eigenvalue weighted by Gasteiger charge is -2.22. The molecule has 3 rings (SSSR count). The zero-order valence-corrected chi connectivity index (χ0v) is 11.2. The number of benzene rings is 1. The topological polar surface area (TPSA) is 18.5 Å². The fraction of sp³-hybridized carbons (Fsp3) is 0.533. The van der Waals surface area contributed by atoms with Gasteiger partial charge in [0.15, 0.2) is 5.79 Å². The van der Waals surface area contributed by atoms with E-state index in [1.54, 1.807) is 0 Å². The molecule has 2 nitrogen and oxygen atoms in total. The molecule has 1 radical (unpaired) electrons. The zero-order chi connectivity index (χ0) is 12.6. The lowest BCUT2D eigenvalue weighted by atomic mass is 10.0. The number of hydrogen-bond acceptors (Lipinski definition) is 2. The van der Waals surface area contributed by atoms with E-state index in [0.29, 0.717) is 0 Å². The second kappa shape index (κ2) is 4.84. The van der Waals surface area contributed by atoms with Crippen LogP contribution < -0.4 is 0 Å². The molecule has 1 spiro atoms. The summed E-state index contributed by atoms with van der Waals surface area (Å²) in [6.45, 7) is 4.07. The van der Waals surface area contributed by atoms with Crippen LogP contribution >= 0.6 is 11.6 Å². The summed E-state index contributed by atoms with van der Waals surface area (Å²) in [6.07, 6.45) is 5.06. The maximum absolute atomic E-state index is 6.18. The predicted octanol–water partition coefficient (Wildman–Crippen LogP) is 3.77. The SMILES string of the molecule is [CH2][C@H]1OC2(CCCC2)O[C@@H]1Cc1ccccc1Cl. The molecule has 2 atom stereocenters. The highest BCUT2D eigenvalue weighted by Gasteiger charge is 2.47. The Hall–Kier alpha value is -0.570. The molecule has 1 aromatic rings. The standard InChI is InChI=1S/C15H18ClO2/c1-11-14(10-12-6-2-3-7-13(12)16)18-15(17-11)8-4-5-9-15/h2-3,6-7,11,14H,1,4-5,8-10H2/t11-,14-/m1/s1. The lowest BCUT2D eigenvalue weighted by Crippen LogP contribution is -2.27. The van der Waals surface area contributed by atoms with Crippen LogP contribution in [0.15, 0.2) is 24.3 Å². The molecule has 1 aromatic carbocycles. The van der Waals surface area contributed by atoms with Gasteiger partial charge in [-0.3, -0.25) is 0 Å². The van der Waals surface area contributed by atoms with Crippen molar-refractivity contribution in [1.29, 1.82) is 0 Å². The van der Waals surface area contributed by atoms with Crippen molar-refractivity contribution in [2.75, 3.05) is 0 Å². The quantitative estimate of drug-likeness (QED) is 0.810. The molecule has 97 valence electrons. The first-order valence-corrected chi connectivity index (χ1v) is 6.98. The highest BCUT2D eigenvalue weighted by molar-refractivity contribution is 6.31. The van der Waals surface area contributed by atoms with Gasteiger partial charge in [0.25, 0.3) is 0 Å².